The number of fused-ring (bicyclic) bond motifs is 1. The molecule has 2 unspecified atom stereocenters. The minimum atomic E-state index is 0. The molecular weight excluding hydrogens is 320 g/mol. The van der Waals surface area contributed by atoms with Crippen LogP contribution in [-0.2, 0) is 4.79 Å². The average Bonchev–Trinajstić information content (AvgIpc) is 3.28. The largest absolute Gasteiger partial charge is 0.349 e. The third-order valence-electron chi connectivity index (χ3n) is 5.74. The number of piperidine rings is 1. The minimum absolute atomic E-state index is 0. The molecule has 128 valence electrons. The first-order valence-corrected chi connectivity index (χ1v) is 8.68. The molecule has 2 aliphatic rings. The maximum absolute atomic E-state index is 12.6. The zero-order valence-corrected chi connectivity index (χ0v) is 14.9. The predicted molar refractivity (Wildman–Crippen MR) is 100 cm³/mol. The quantitative estimate of drug-likeness (QED) is 0.888. The van der Waals surface area contributed by atoms with Crippen LogP contribution in [0.1, 0.15) is 37.8 Å². The van der Waals surface area contributed by atoms with Crippen molar-refractivity contribution in [2.75, 3.05) is 13.1 Å². The summed E-state index contributed by atoms with van der Waals surface area (Å²) in [6.07, 6.45) is 3.37. The van der Waals surface area contributed by atoms with Crippen molar-refractivity contribution in [3.05, 3.63) is 48.0 Å². The summed E-state index contributed by atoms with van der Waals surface area (Å²) in [4.78, 5) is 12.6. The van der Waals surface area contributed by atoms with Crippen molar-refractivity contribution in [2.24, 2.45) is 11.3 Å². The highest BCUT2D eigenvalue weighted by molar-refractivity contribution is 5.85. The first-order chi connectivity index (χ1) is 11.2. The molecule has 0 bridgehead atoms. The van der Waals surface area contributed by atoms with E-state index in [1.54, 1.807) is 0 Å². The maximum atomic E-state index is 12.6. The smallest absolute Gasteiger partial charge is 0.224 e. The molecule has 4 heteroatoms. The molecule has 2 fully saturated rings. The van der Waals surface area contributed by atoms with Crippen LogP contribution in [0.2, 0.25) is 0 Å². The van der Waals surface area contributed by atoms with E-state index in [0.717, 1.165) is 32.4 Å². The molecule has 24 heavy (non-hydrogen) atoms. The van der Waals surface area contributed by atoms with Gasteiger partial charge in [0.2, 0.25) is 5.91 Å². The number of rotatable bonds is 3. The summed E-state index contributed by atoms with van der Waals surface area (Å²) >= 11 is 0. The Bertz CT molecular complexity index is 739. The van der Waals surface area contributed by atoms with Gasteiger partial charge in [0.15, 0.2) is 0 Å². The SMILES string of the molecule is CC(NC(=O)C1CC12CCNCC2)c1ccc2ccccc2c1.Cl. The zero-order chi connectivity index (χ0) is 15.9. The Morgan fingerprint density at radius 3 is 2.62 bits per heavy atom. The fraction of sp³-hybridized carbons (Fsp3) is 0.450. The Labute approximate surface area is 149 Å². The van der Waals surface area contributed by atoms with Crippen LogP contribution >= 0.6 is 12.4 Å². The van der Waals surface area contributed by atoms with E-state index in [2.05, 4.69) is 60.0 Å². The molecule has 1 spiro atoms. The van der Waals surface area contributed by atoms with Crippen LogP contribution in [0.3, 0.4) is 0 Å². The third-order valence-corrected chi connectivity index (χ3v) is 5.74. The molecule has 0 aromatic heterocycles. The number of benzene rings is 2. The topological polar surface area (TPSA) is 41.1 Å². The molecule has 1 saturated carbocycles. The summed E-state index contributed by atoms with van der Waals surface area (Å²) < 4.78 is 0. The van der Waals surface area contributed by atoms with Crippen molar-refractivity contribution in [1.82, 2.24) is 10.6 Å². The van der Waals surface area contributed by atoms with Crippen LogP contribution in [-0.4, -0.2) is 19.0 Å². The second-order valence-corrected chi connectivity index (χ2v) is 7.21. The Hall–Kier alpha value is -1.58. The van der Waals surface area contributed by atoms with Crippen molar-refractivity contribution in [2.45, 2.75) is 32.2 Å². The molecule has 0 radical (unpaired) electrons. The molecule has 1 aliphatic heterocycles. The van der Waals surface area contributed by atoms with Gasteiger partial charge in [0.1, 0.15) is 0 Å². The Morgan fingerprint density at radius 2 is 1.88 bits per heavy atom. The van der Waals surface area contributed by atoms with E-state index in [0.29, 0.717) is 5.41 Å². The summed E-state index contributed by atoms with van der Waals surface area (Å²) in [5.41, 5.74) is 1.48. The standard InChI is InChI=1S/C20H24N2O.ClH/c1-14(16-7-6-15-4-2-3-5-17(15)12-16)22-19(23)18-13-20(18)8-10-21-11-9-20;/h2-7,12,14,18,21H,8-11,13H2,1H3,(H,22,23);1H. The lowest BCUT2D eigenvalue weighted by molar-refractivity contribution is -0.123. The third kappa shape index (κ3) is 3.15. The second-order valence-electron chi connectivity index (χ2n) is 7.21. The van der Waals surface area contributed by atoms with E-state index < -0.39 is 0 Å². The van der Waals surface area contributed by atoms with Crippen molar-refractivity contribution < 1.29 is 4.79 Å². The van der Waals surface area contributed by atoms with Gasteiger partial charge in [0.05, 0.1) is 6.04 Å². The fourth-order valence-electron chi connectivity index (χ4n) is 4.07. The van der Waals surface area contributed by atoms with Crippen molar-refractivity contribution in [1.29, 1.82) is 0 Å². The molecule has 2 aromatic carbocycles. The van der Waals surface area contributed by atoms with Crippen molar-refractivity contribution in [3.63, 3.8) is 0 Å². The molecule has 3 nitrogen and oxygen atoms in total. The average molecular weight is 345 g/mol. The van der Waals surface area contributed by atoms with Crippen LogP contribution in [0.5, 0.6) is 0 Å². The van der Waals surface area contributed by atoms with E-state index in [9.17, 15) is 4.79 Å². The van der Waals surface area contributed by atoms with Gasteiger partial charge in [-0.1, -0.05) is 36.4 Å². The van der Waals surface area contributed by atoms with Crippen molar-refractivity contribution in [3.8, 4) is 0 Å². The second kappa shape index (κ2) is 6.73. The van der Waals surface area contributed by atoms with Gasteiger partial charge in [-0.25, -0.2) is 0 Å². The highest BCUT2D eigenvalue weighted by Gasteiger charge is 2.57. The van der Waals surface area contributed by atoms with Crippen LogP contribution in [0.4, 0.5) is 0 Å². The number of hydrogen-bond acceptors (Lipinski definition) is 2. The van der Waals surface area contributed by atoms with Crippen molar-refractivity contribution >= 4 is 29.1 Å². The number of nitrogens with one attached hydrogen (secondary N) is 2. The zero-order valence-electron chi connectivity index (χ0n) is 14.0. The van der Waals surface area contributed by atoms with Crippen LogP contribution in [0.25, 0.3) is 10.8 Å². The molecular formula is C20H25ClN2O. The minimum Gasteiger partial charge on any atom is -0.349 e. The maximum Gasteiger partial charge on any atom is 0.224 e. The monoisotopic (exact) mass is 344 g/mol. The molecule has 1 heterocycles. The molecule has 1 amide bonds. The van der Waals surface area contributed by atoms with E-state index in [1.165, 1.54) is 16.3 Å². The van der Waals surface area contributed by atoms with E-state index in [-0.39, 0.29) is 30.3 Å². The molecule has 1 saturated heterocycles. The molecule has 4 rings (SSSR count). The van der Waals surface area contributed by atoms with Gasteiger partial charge in [0, 0.05) is 5.92 Å². The molecule has 1 aliphatic carbocycles. The lowest BCUT2D eigenvalue weighted by Crippen LogP contribution is -2.34. The van der Waals surface area contributed by atoms with E-state index >= 15 is 0 Å². The predicted octanol–water partition coefficient (Wildman–Crippen LogP) is 3.83. The lowest BCUT2D eigenvalue weighted by Gasteiger charge is -2.24. The van der Waals surface area contributed by atoms with Gasteiger partial charge >= 0.3 is 0 Å². The van der Waals surface area contributed by atoms with Gasteiger partial charge in [-0.15, -0.1) is 12.4 Å². The Morgan fingerprint density at radius 1 is 1.17 bits per heavy atom. The van der Waals surface area contributed by atoms with E-state index in [4.69, 9.17) is 0 Å². The molecule has 2 atom stereocenters. The Balaban J connectivity index is 0.00000169. The Kier molecular flexibility index (Phi) is 4.84. The number of hydrogen-bond donors (Lipinski definition) is 2. The number of carbonyl (C=O) groups excluding carboxylic acids is 1. The highest BCUT2D eigenvalue weighted by Crippen LogP contribution is 2.58. The number of halogens is 1. The van der Waals surface area contributed by atoms with Gasteiger partial charge in [0.25, 0.3) is 0 Å². The highest BCUT2D eigenvalue weighted by atomic mass is 35.5. The summed E-state index contributed by atoms with van der Waals surface area (Å²) in [5.74, 6) is 0.472. The van der Waals surface area contributed by atoms with Crippen LogP contribution in [0.15, 0.2) is 42.5 Å². The summed E-state index contributed by atoms with van der Waals surface area (Å²) in [5, 5.41) is 9.10. The van der Waals surface area contributed by atoms with Crippen LogP contribution in [0, 0.1) is 11.3 Å². The first-order valence-electron chi connectivity index (χ1n) is 8.68. The summed E-state index contributed by atoms with van der Waals surface area (Å²) in [6, 6.07) is 14.9. The fourth-order valence-corrected chi connectivity index (χ4v) is 4.07. The first kappa shape index (κ1) is 17.2. The summed E-state index contributed by atoms with van der Waals surface area (Å²) in [6.45, 7) is 4.20. The van der Waals surface area contributed by atoms with Gasteiger partial charge in [-0.3, -0.25) is 4.79 Å². The molecule has 2 aromatic rings. The normalized spacial score (nSPS) is 22.6. The van der Waals surface area contributed by atoms with Crippen LogP contribution < -0.4 is 10.6 Å². The lowest BCUT2D eigenvalue weighted by atomic mass is 9.91. The van der Waals surface area contributed by atoms with Gasteiger partial charge in [-0.2, -0.15) is 0 Å². The number of amides is 1. The van der Waals surface area contributed by atoms with Gasteiger partial charge < -0.3 is 10.6 Å². The molecule has 2 N–H and O–H groups in total. The van der Waals surface area contributed by atoms with Gasteiger partial charge in [-0.05, 0) is 67.1 Å². The summed E-state index contributed by atoms with van der Waals surface area (Å²) in [7, 11) is 0. The number of carbonyl (C=O) groups is 1. The van der Waals surface area contributed by atoms with E-state index in [1.807, 2.05) is 0 Å².